The number of carbonyl (C=O) groups is 1. The average molecular weight is 332 g/mol. The van der Waals surface area contributed by atoms with Gasteiger partial charge in [0.15, 0.2) is 0 Å². The van der Waals surface area contributed by atoms with Crippen LogP contribution in [0.4, 0.5) is 10.1 Å². The molecule has 1 N–H and O–H groups in total. The number of nitrogens with one attached hydrogen (secondary N) is 1. The predicted molar refractivity (Wildman–Crippen MR) is 77.8 cm³/mol. The molecule has 5 heteroatoms. The summed E-state index contributed by atoms with van der Waals surface area (Å²) in [5, 5.41) is 3.13. The summed E-state index contributed by atoms with van der Waals surface area (Å²) >= 11 is 3.15. The van der Waals surface area contributed by atoms with Crippen molar-refractivity contribution in [2.45, 2.75) is 39.2 Å². The highest BCUT2D eigenvalue weighted by molar-refractivity contribution is 9.10. The van der Waals surface area contributed by atoms with Gasteiger partial charge >= 0.3 is 5.97 Å². The van der Waals surface area contributed by atoms with Crippen LogP contribution in [0, 0.1) is 12.7 Å². The van der Waals surface area contributed by atoms with Crippen LogP contribution < -0.4 is 5.32 Å². The number of aryl methyl sites for hydroxylation is 1. The fourth-order valence-corrected chi connectivity index (χ4v) is 2.13. The van der Waals surface area contributed by atoms with E-state index in [9.17, 15) is 9.18 Å². The molecule has 0 aliphatic rings. The van der Waals surface area contributed by atoms with Gasteiger partial charge in [0.2, 0.25) is 0 Å². The topological polar surface area (TPSA) is 38.3 Å². The maximum atomic E-state index is 13.4. The molecule has 0 aliphatic carbocycles. The van der Waals surface area contributed by atoms with Crippen molar-refractivity contribution >= 4 is 27.6 Å². The minimum Gasteiger partial charge on any atom is -0.467 e. The lowest BCUT2D eigenvalue weighted by atomic mass is 10.1. The first-order chi connectivity index (χ1) is 8.99. The number of halogens is 2. The Balaban J connectivity index is 2.89. The van der Waals surface area contributed by atoms with E-state index in [4.69, 9.17) is 4.74 Å². The molecule has 106 valence electrons. The fourth-order valence-electron chi connectivity index (χ4n) is 1.79. The molecule has 0 aromatic heterocycles. The number of rotatable bonds is 6. The van der Waals surface area contributed by atoms with Crippen LogP contribution in [0.2, 0.25) is 0 Å². The molecule has 19 heavy (non-hydrogen) atoms. The number of benzene rings is 1. The van der Waals surface area contributed by atoms with Crippen molar-refractivity contribution in [1.82, 2.24) is 0 Å². The smallest absolute Gasteiger partial charge is 0.328 e. The number of ether oxygens (including phenoxy) is 1. The van der Waals surface area contributed by atoms with Crippen molar-refractivity contribution in [2.24, 2.45) is 0 Å². The standard InChI is InChI=1S/C14H19BrFNO2/c1-4-5-6-12(14(18)19-3)17-13-8-10(15)11(16)7-9(13)2/h7-8,12,17H,4-6H2,1-3H3. The highest BCUT2D eigenvalue weighted by atomic mass is 79.9. The first-order valence-electron chi connectivity index (χ1n) is 6.29. The van der Waals surface area contributed by atoms with Gasteiger partial charge in [-0.3, -0.25) is 0 Å². The summed E-state index contributed by atoms with van der Waals surface area (Å²) in [6.07, 6.45) is 2.62. The second kappa shape index (κ2) is 7.48. The SMILES string of the molecule is CCCCC(Nc1cc(Br)c(F)cc1C)C(=O)OC. The number of methoxy groups -OCH3 is 1. The van der Waals surface area contributed by atoms with Crippen LogP contribution in [0.1, 0.15) is 31.7 Å². The minimum atomic E-state index is -0.402. The molecule has 0 saturated heterocycles. The quantitative estimate of drug-likeness (QED) is 0.799. The van der Waals surface area contributed by atoms with Gasteiger partial charge in [-0.1, -0.05) is 19.8 Å². The van der Waals surface area contributed by atoms with Crippen LogP contribution >= 0.6 is 15.9 Å². The molecule has 0 radical (unpaired) electrons. The van der Waals surface area contributed by atoms with Crippen molar-refractivity contribution in [2.75, 3.05) is 12.4 Å². The van der Waals surface area contributed by atoms with Gasteiger partial charge in [0, 0.05) is 5.69 Å². The van der Waals surface area contributed by atoms with E-state index in [0.717, 1.165) is 24.1 Å². The lowest BCUT2D eigenvalue weighted by Gasteiger charge is -2.19. The molecular weight excluding hydrogens is 313 g/mol. The Hall–Kier alpha value is -1.10. The Morgan fingerprint density at radius 2 is 2.21 bits per heavy atom. The molecule has 3 nitrogen and oxygen atoms in total. The van der Waals surface area contributed by atoms with Gasteiger partial charge in [0.05, 0.1) is 11.6 Å². The molecule has 1 atom stereocenters. The summed E-state index contributed by atoms with van der Waals surface area (Å²) in [6, 6.07) is 2.67. The summed E-state index contributed by atoms with van der Waals surface area (Å²) in [5.41, 5.74) is 1.49. The molecule has 0 fully saturated rings. The first-order valence-corrected chi connectivity index (χ1v) is 7.08. The molecule has 1 aromatic carbocycles. The maximum Gasteiger partial charge on any atom is 0.328 e. The summed E-state index contributed by atoms with van der Waals surface area (Å²) in [6.45, 7) is 3.86. The molecule has 0 bridgehead atoms. The Kier molecular flexibility index (Phi) is 6.28. The normalized spacial score (nSPS) is 12.1. The zero-order chi connectivity index (χ0) is 14.4. The maximum absolute atomic E-state index is 13.4. The number of carbonyl (C=O) groups excluding carboxylic acids is 1. The zero-order valence-corrected chi connectivity index (χ0v) is 13.0. The lowest BCUT2D eigenvalue weighted by molar-refractivity contribution is -0.141. The lowest BCUT2D eigenvalue weighted by Crippen LogP contribution is -2.31. The van der Waals surface area contributed by atoms with Crippen molar-refractivity contribution in [1.29, 1.82) is 0 Å². The Labute approximate surface area is 121 Å². The predicted octanol–water partition coefficient (Wildman–Crippen LogP) is 4.04. The highest BCUT2D eigenvalue weighted by Gasteiger charge is 2.19. The van der Waals surface area contributed by atoms with E-state index in [2.05, 4.69) is 28.2 Å². The van der Waals surface area contributed by atoms with E-state index >= 15 is 0 Å². The van der Waals surface area contributed by atoms with Crippen LogP contribution in [0.15, 0.2) is 16.6 Å². The number of hydrogen-bond donors (Lipinski definition) is 1. The molecule has 1 rings (SSSR count). The molecule has 0 aliphatic heterocycles. The first kappa shape index (κ1) is 16.0. The molecule has 0 heterocycles. The molecule has 0 spiro atoms. The fraction of sp³-hybridized carbons (Fsp3) is 0.500. The van der Waals surface area contributed by atoms with Crippen molar-refractivity contribution in [3.8, 4) is 0 Å². The van der Waals surface area contributed by atoms with E-state index in [-0.39, 0.29) is 11.8 Å². The molecular formula is C14H19BrFNO2. The summed E-state index contributed by atoms with van der Waals surface area (Å²) in [7, 11) is 1.37. The third kappa shape index (κ3) is 4.49. The van der Waals surface area contributed by atoms with E-state index < -0.39 is 6.04 Å². The van der Waals surface area contributed by atoms with Gasteiger partial charge in [-0.2, -0.15) is 0 Å². The summed E-state index contributed by atoms with van der Waals surface area (Å²) in [4.78, 5) is 11.7. The van der Waals surface area contributed by atoms with E-state index in [1.165, 1.54) is 13.2 Å². The van der Waals surface area contributed by atoms with Gasteiger partial charge in [-0.25, -0.2) is 9.18 Å². The van der Waals surface area contributed by atoms with E-state index in [1.54, 1.807) is 13.0 Å². The minimum absolute atomic E-state index is 0.298. The van der Waals surface area contributed by atoms with Gasteiger partial charge < -0.3 is 10.1 Å². The van der Waals surface area contributed by atoms with Gasteiger partial charge in [-0.05, 0) is 47.0 Å². The van der Waals surface area contributed by atoms with Crippen LogP contribution in [0.5, 0.6) is 0 Å². The monoisotopic (exact) mass is 331 g/mol. The van der Waals surface area contributed by atoms with Gasteiger partial charge in [0.1, 0.15) is 11.9 Å². The highest BCUT2D eigenvalue weighted by Crippen LogP contribution is 2.25. The molecule has 0 amide bonds. The number of anilines is 1. The number of hydrogen-bond acceptors (Lipinski definition) is 3. The van der Waals surface area contributed by atoms with Crippen LogP contribution in [-0.4, -0.2) is 19.1 Å². The Morgan fingerprint density at radius 3 is 2.79 bits per heavy atom. The van der Waals surface area contributed by atoms with Crippen molar-refractivity contribution in [3.05, 3.63) is 28.0 Å². The van der Waals surface area contributed by atoms with Gasteiger partial charge in [-0.15, -0.1) is 0 Å². The number of unbranched alkanes of at least 4 members (excludes halogenated alkanes) is 1. The van der Waals surface area contributed by atoms with E-state index in [1.807, 2.05) is 0 Å². The average Bonchev–Trinajstić information content (AvgIpc) is 2.39. The number of esters is 1. The van der Waals surface area contributed by atoms with E-state index in [0.29, 0.717) is 10.9 Å². The van der Waals surface area contributed by atoms with Gasteiger partial charge in [0.25, 0.3) is 0 Å². The van der Waals surface area contributed by atoms with Crippen molar-refractivity contribution < 1.29 is 13.9 Å². The summed E-state index contributed by atoms with van der Waals surface area (Å²) < 4.78 is 18.5. The van der Waals surface area contributed by atoms with Crippen LogP contribution in [0.25, 0.3) is 0 Å². The Morgan fingerprint density at radius 1 is 1.53 bits per heavy atom. The summed E-state index contributed by atoms with van der Waals surface area (Å²) in [5.74, 6) is -0.612. The zero-order valence-electron chi connectivity index (χ0n) is 11.4. The molecule has 1 aromatic rings. The molecule has 1 unspecified atom stereocenters. The third-order valence-electron chi connectivity index (χ3n) is 2.93. The van der Waals surface area contributed by atoms with Crippen LogP contribution in [0.3, 0.4) is 0 Å². The molecule has 0 saturated carbocycles. The second-order valence-corrected chi connectivity index (χ2v) is 5.30. The van der Waals surface area contributed by atoms with Crippen molar-refractivity contribution in [3.63, 3.8) is 0 Å². The Bertz CT molecular complexity index is 451. The second-order valence-electron chi connectivity index (χ2n) is 4.44. The van der Waals surface area contributed by atoms with Crippen LogP contribution in [-0.2, 0) is 9.53 Å². The largest absolute Gasteiger partial charge is 0.467 e. The third-order valence-corrected chi connectivity index (χ3v) is 3.54.